The summed E-state index contributed by atoms with van der Waals surface area (Å²) in [6.45, 7) is 2.37. The van der Waals surface area contributed by atoms with E-state index in [0.717, 1.165) is 22.5 Å². The Morgan fingerprint density at radius 1 is 1.15 bits per heavy atom. The van der Waals surface area contributed by atoms with E-state index in [-0.39, 0.29) is 36.3 Å². The third kappa shape index (κ3) is 4.53. The zero-order valence-corrected chi connectivity index (χ0v) is 18.7. The molecule has 2 aromatic carbocycles. The number of halogens is 2. The van der Waals surface area contributed by atoms with Gasteiger partial charge in [-0.05, 0) is 42.8 Å². The Labute approximate surface area is 196 Å². The molecule has 2 atom stereocenters. The van der Waals surface area contributed by atoms with Crippen LogP contribution in [0.25, 0.3) is 16.9 Å². The van der Waals surface area contributed by atoms with Crippen molar-refractivity contribution in [3.63, 3.8) is 0 Å². The quantitative estimate of drug-likeness (QED) is 0.476. The summed E-state index contributed by atoms with van der Waals surface area (Å²) in [5.74, 6) is 0.136. The highest BCUT2D eigenvalue weighted by Crippen LogP contribution is 2.27. The Hall–Kier alpha value is -3.49. The average molecular weight is 468 g/mol. The Kier molecular flexibility index (Phi) is 6.31. The number of aromatic nitrogens is 3. The van der Waals surface area contributed by atoms with Crippen LogP contribution < -0.4 is 15.4 Å². The van der Waals surface area contributed by atoms with Crippen molar-refractivity contribution in [1.29, 1.82) is 0 Å². The van der Waals surface area contributed by atoms with Gasteiger partial charge in [0.2, 0.25) is 11.8 Å². The SMILES string of the molecule is C[C@@H](Oc1ccc2ncc(-c3ccc(N4C[C@@H](N)CC4=O)cc3)n2n1)c1cccc(F)c1.Cl. The average Bonchev–Trinajstić information content (AvgIpc) is 3.36. The molecule has 2 N–H and O–H groups in total. The van der Waals surface area contributed by atoms with Gasteiger partial charge in [0, 0.05) is 36.3 Å². The van der Waals surface area contributed by atoms with Crippen molar-refractivity contribution in [3.05, 3.63) is 78.2 Å². The number of ether oxygens (including phenoxy) is 1. The van der Waals surface area contributed by atoms with Crippen LogP contribution in [0.1, 0.15) is 25.0 Å². The fraction of sp³-hybridized carbons (Fsp3) is 0.208. The zero-order chi connectivity index (χ0) is 22.2. The minimum atomic E-state index is -0.369. The Bertz CT molecular complexity index is 1290. The first-order valence-electron chi connectivity index (χ1n) is 10.4. The number of amides is 1. The lowest BCUT2D eigenvalue weighted by Gasteiger charge is -2.16. The number of nitrogens with two attached hydrogens (primary N) is 1. The number of carbonyl (C=O) groups excluding carboxylic acids is 1. The normalized spacial score (nSPS) is 16.6. The second kappa shape index (κ2) is 9.17. The molecule has 0 radical (unpaired) electrons. The van der Waals surface area contributed by atoms with Gasteiger partial charge in [-0.15, -0.1) is 17.5 Å². The van der Waals surface area contributed by atoms with Gasteiger partial charge in [0.15, 0.2) is 5.65 Å². The molecule has 0 spiro atoms. The lowest BCUT2D eigenvalue weighted by molar-refractivity contribution is -0.117. The van der Waals surface area contributed by atoms with E-state index in [1.165, 1.54) is 12.1 Å². The molecule has 1 fully saturated rings. The van der Waals surface area contributed by atoms with E-state index >= 15 is 0 Å². The van der Waals surface area contributed by atoms with Gasteiger partial charge in [-0.1, -0.05) is 24.3 Å². The van der Waals surface area contributed by atoms with Gasteiger partial charge in [0.25, 0.3) is 0 Å². The standard InChI is InChI=1S/C24H22FN5O2.ClH/c1-15(17-3-2-4-18(25)11-17)32-23-10-9-22-27-13-21(30(22)28-23)16-5-7-20(8-6-16)29-14-19(26)12-24(29)31;/h2-11,13,15,19H,12,14,26H2,1H3;1H/t15-,19+;/m1./s1. The second-order valence-electron chi connectivity index (χ2n) is 7.92. The summed E-state index contributed by atoms with van der Waals surface area (Å²) in [5.41, 5.74) is 9.82. The van der Waals surface area contributed by atoms with E-state index in [1.54, 1.807) is 27.7 Å². The number of anilines is 1. The van der Waals surface area contributed by atoms with E-state index in [1.807, 2.05) is 43.3 Å². The molecule has 0 unspecified atom stereocenters. The van der Waals surface area contributed by atoms with Gasteiger partial charge in [-0.3, -0.25) is 4.79 Å². The van der Waals surface area contributed by atoms with E-state index in [4.69, 9.17) is 10.5 Å². The van der Waals surface area contributed by atoms with E-state index in [0.29, 0.717) is 24.5 Å². The topological polar surface area (TPSA) is 85.7 Å². The number of nitrogens with zero attached hydrogens (tertiary/aromatic N) is 4. The second-order valence-corrected chi connectivity index (χ2v) is 7.92. The molecule has 9 heteroatoms. The summed E-state index contributed by atoms with van der Waals surface area (Å²) in [6, 6.07) is 17.4. The molecule has 170 valence electrons. The summed E-state index contributed by atoms with van der Waals surface area (Å²) in [6.07, 6.45) is 1.75. The monoisotopic (exact) mass is 467 g/mol. The molecule has 0 bridgehead atoms. The van der Waals surface area contributed by atoms with Gasteiger partial charge >= 0.3 is 0 Å². The minimum absolute atomic E-state index is 0. The van der Waals surface area contributed by atoms with Gasteiger partial charge in [0.1, 0.15) is 11.9 Å². The lowest BCUT2D eigenvalue weighted by Crippen LogP contribution is -2.27. The van der Waals surface area contributed by atoms with Crippen LogP contribution in [0.3, 0.4) is 0 Å². The van der Waals surface area contributed by atoms with Crippen LogP contribution in [0.15, 0.2) is 66.9 Å². The molecular formula is C24H23ClFN5O2. The fourth-order valence-electron chi connectivity index (χ4n) is 3.92. The number of hydrogen-bond acceptors (Lipinski definition) is 5. The molecule has 2 aromatic heterocycles. The van der Waals surface area contributed by atoms with Crippen LogP contribution >= 0.6 is 12.4 Å². The predicted molar refractivity (Wildman–Crippen MR) is 126 cm³/mol. The molecule has 3 heterocycles. The van der Waals surface area contributed by atoms with Crippen LogP contribution in [0.2, 0.25) is 0 Å². The van der Waals surface area contributed by atoms with Crippen LogP contribution in [-0.4, -0.2) is 33.1 Å². The third-order valence-electron chi connectivity index (χ3n) is 5.58. The van der Waals surface area contributed by atoms with Crippen molar-refractivity contribution >= 4 is 29.6 Å². The minimum Gasteiger partial charge on any atom is -0.469 e. The van der Waals surface area contributed by atoms with Crippen LogP contribution in [-0.2, 0) is 4.79 Å². The van der Waals surface area contributed by atoms with E-state index in [2.05, 4.69) is 10.1 Å². The van der Waals surface area contributed by atoms with Crippen molar-refractivity contribution < 1.29 is 13.9 Å². The number of imidazole rings is 1. The molecular weight excluding hydrogens is 445 g/mol. The van der Waals surface area contributed by atoms with Gasteiger partial charge in [0.05, 0.1) is 11.9 Å². The molecule has 0 saturated carbocycles. The first-order valence-corrected chi connectivity index (χ1v) is 10.4. The van der Waals surface area contributed by atoms with Crippen molar-refractivity contribution in [3.8, 4) is 17.1 Å². The van der Waals surface area contributed by atoms with Crippen molar-refractivity contribution in [2.24, 2.45) is 5.73 Å². The number of fused-ring (bicyclic) bond motifs is 1. The molecule has 1 amide bonds. The molecule has 4 aromatic rings. The van der Waals surface area contributed by atoms with Crippen molar-refractivity contribution in [2.45, 2.75) is 25.5 Å². The van der Waals surface area contributed by atoms with Gasteiger partial charge in [-0.25, -0.2) is 13.9 Å². The summed E-state index contributed by atoms with van der Waals surface area (Å²) < 4.78 is 21.2. The van der Waals surface area contributed by atoms with E-state index < -0.39 is 0 Å². The molecule has 33 heavy (non-hydrogen) atoms. The Morgan fingerprint density at radius 3 is 2.64 bits per heavy atom. The first-order chi connectivity index (χ1) is 15.5. The summed E-state index contributed by atoms with van der Waals surface area (Å²) in [7, 11) is 0. The number of rotatable bonds is 5. The third-order valence-corrected chi connectivity index (χ3v) is 5.58. The number of carbonyl (C=O) groups is 1. The summed E-state index contributed by atoms with van der Waals surface area (Å²) in [5, 5.41) is 4.58. The highest BCUT2D eigenvalue weighted by Gasteiger charge is 2.28. The van der Waals surface area contributed by atoms with Crippen LogP contribution in [0.5, 0.6) is 5.88 Å². The highest BCUT2D eigenvalue weighted by molar-refractivity contribution is 5.96. The van der Waals surface area contributed by atoms with E-state index in [9.17, 15) is 9.18 Å². The highest BCUT2D eigenvalue weighted by atomic mass is 35.5. The maximum absolute atomic E-state index is 13.5. The molecule has 5 rings (SSSR count). The number of benzene rings is 2. The van der Waals surface area contributed by atoms with Crippen LogP contribution in [0, 0.1) is 5.82 Å². The lowest BCUT2D eigenvalue weighted by atomic mass is 10.1. The molecule has 1 saturated heterocycles. The van der Waals surface area contributed by atoms with Gasteiger partial charge in [-0.2, -0.15) is 0 Å². The van der Waals surface area contributed by atoms with Gasteiger partial charge < -0.3 is 15.4 Å². The van der Waals surface area contributed by atoms with Crippen molar-refractivity contribution in [1.82, 2.24) is 14.6 Å². The summed E-state index contributed by atoms with van der Waals surface area (Å²) >= 11 is 0. The Balaban J connectivity index is 0.00000259. The molecule has 1 aliphatic heterocycles. The molecule has 1 aliphatic rings. The largest absolute Gasteiger partial charge is 0.469 e. The number of hydrogen-bond donors (Lipinski definition) is 1. The molecule has 7 nitrogen and oxygen atoms in total. The first kappa shape index (κ1) is 22.7. The predicted octanol–water partition coefficient (Wildman–Crippen LogP) is 4.16. The maximum Gasteiger partial charge on any atom is 0.232 e. The smallest absolute Gasteiger partial charge is 0.232 e. The zero-order valence-electron chi connectivity index (χ0n) is 17.9. The Morgan fingerprint density at radius 2 is 1.94 bits per heavy atom. The molecule has 0 aliphatic carbocycles. The fourth-order valence-corrected chi connectivity index (χ4v) is 3.92. The van der Waals surface area contributed by atoms with Crippen LogP contribution in [0.4, 0.5) is 10.1 Å². The van der Waals surface area contributed by atoms with Crippen molar-refractivity contribution in [2.75, 3.05) is 11.4 Å². The maximum atomic E-state index is 13.5. The summed E-state index contributed by atoms with van der Waals surface area (Å²) in [4.78, 5) is 18.2.